The van der Waals surface area contributed by atoms with Crippen molar-refractivity contribution >= 4 is 11.4 Å². The largest absolute Gasteiger partial charge is 0.502 e. The van der Waals surface area contributed by atoms with E-state index < -0.39 is 0 Å². The Balaban J connectivity index is 1.67. The Kier molecular flexibility index (Phi) is 5.48. The number of fused-ring (bicyclic) bond motifs is 1. The summed E-state index contributed by atoms with van der Waals surface area (Å²) in [6, 6.07) is 11.3. The van der Waals surface area contributed by atoms with Crippen molar-refractivity contribution in [1.29, 1.82) is 0 Å². The molecule has 1 aliphatic carbocycles. The Labute approximate surface area is 175 Å². The zero-order chi connectivity index (χ0) is 21.1. The second kappa shape index (κ2) is 8.37. The van der Waals surface area contributed by atoms with Crippen LogP contribution in [0.25, 0.3) is 27.7 Å². The third-order valence-electron chi connectivity index (χ3n) is 4.76. The first-order chi connectivity index (χ1) is 14.6. The Morgan fingerprint density at radius 3 is 2.80 bits per heavy atom. The van der Waals surface area contributed by atoms with Crippen LogP contribution in [-0.4, -0.2) is 28.6 Å². The highest BCUT2D eigenvalue weighted by atomic mass is 16.6. The van der Waals surface area contributed by atoms with Gasteiger partial charge in [-0.2, -0.15) is 4.98 Å². The van der Waals surface area contributed by atoms with Crippen molar-refractivity contribution in [2.24, 2.45) is 5.16 Å². The molecular weight excluding hydrogens is 380 g/mol. The van der Waals surface area contributed by atoms with Gasteiger partial charge in [0.25, 0.3) is 5.89 Å². The van der Waals surface area contributed by atoms with Crippen LogP contribution in [0.5, 0.6) is 5.75 Å². The predicted octanol–water partition coefficient (Wildman–Crippen LogP) is 5.43. The lowest BCUT2D eigenvalue weighted by Gasteiger charge is -2.11. The summed E-state index contributed by atoms with van der Waals surface area (Å²) in [4.78, 5) is 13.4. The molecule has 0 bridgehead atoms. The smallest absolute Gasteiger partial charge is 0.256 e. The number of benzene rings is 2. The van der Waals surface area contributed by atoms with Gasteiger partial charge in [0.05, 0.1) is 18.4 Å². The van der Waals surface area contributed by atoms with Crippen LogP contribution in [0.15, 0.2) is 46.1 Å². The summed E-state index contributed by atoms with van der Waals surface area (Å²) in [7, 11) is 0. The first-order valence-corrected chi connectivity index (χ1v) is 9.94. The summed E-state index contributed by atoms with van der Waals surface area (Å²) in [5.74, 6) is 1.43. The molecule has 7 nitrogen and oxygen atoms in total. The highest BCUT2D eigenvalue weighted by molar-refractivity contribution is 6.05. The van der Waals surface area contributed by atoms with E-state index >= 15 is 0 Å². The van der Waals surface area contributed by atoms with Gasteiger partial charge < -0.3 is 14.1 Å². The second-order valence-corrected chi connectivity index (χ2v) is 7.17. The minimum atomic E-state index is -0.0114. The number of nitrogens with zero attached hydrogens (tertiary/aromatic N) is 4. The van der Waals surface area contributed by atoms with Gasteiger partial charge in [0, 0.05) is 16.7 Å². The SMILES string of the molecule is [C-]#[N+]c1cc(-c2nc(-c3cccc4c3CC/C4=N/OCC)no2)ccc1OC(C)C. The summed E-state index contributed by atoms with van der Waals surface area (Å²) < 4.78 is 11.2. The fourth-order valence-electron chi connectivity index (χ4n) is 3.49. The van der Waals surface area contributed by atoms with Gasteiger partial charge in [-0.25, -0.2) is 4.85 Å². The second-order valence-electron chi connectivity index (χ2n) is 7.17. The van der Waals surface area contributed by atoms with Crippen molar-refractivity contribution < 1.29 is 14.1 Å². The molecule has 0 radical (unpaired) electrons. The topological polar surface area (TPSA) is 74.1 Å². The minimum absolute atomic E-state index is 0.0114. The fraction of sp³-hybridized carbons (Fsp3) is 0.304. The first-order valence-electron chi connectivity index (χ1n) is 9.94. The molecule has 1 heterocycles. The molecule has 0 saturated heterocycles. The summed E-state index contributed by atoms with van der Waals surface area (Å²) in [5.41, 5.74) is 5.18. The lowest BCUT2D eigenvalue weighted by molar-refractivity contribution is 0.158. The van der Waals surface area contributed by atoms with E-state index in [1.54, 1.807) is 12.1 Å². The van der Waals surface area contributed by atoms with Crippen LogP contribution < -0.4 is 4.74 Å². The zero-order valence-electron chi connectivity index (χ0n) is 17.2. The van der Waals surface area contributed by atoms with Crippen LogP contribution in [0.4, 0.5) is 5.69 Å². The molecule has 152 valence electrons. The molecule has 0 aliphatic heterocycles. The minimum Gasteiger partial charge on any atom is -0.502 e. The van der Waals surface area contributed by atoms with Crippen LogP contribution in [0.1, 0.15) is 38.3 Å². The van der Waals surface area contributed by atoms with E-state index in [-0.39, 0.29) is 6.10 Å². The average Bonchev–Trinajstić information content (AvgIpc) is 3.39. The highest BCUT2D eigenvalue weighted by Gasteiger charge is 2.24. The van der Waals surface area contributed by atoms with E-state index in [1.807, 2.05) is 45.0 Å². The van der Waals surface area contributed by atoms with Gasteiger partial charge in [0.2, 0.25) is 11.5 Å². The molecule has 2 aromatic carbocycles. The van der Waals surface area contributed by atoms with Gasteiger partial charge in [-0.1, -0.05) is 28.5 Å². The van der Waals surface area contributed by atoms with Crippen molar-refractivity contribution in [3.05, 3.63) is 58.9 Å². The lowest BCUT2D eigenvalue weighted by atomic mass is 10.0. The summed E-state index contributed by atoms with van der Waals surface area (Å²) >= 11 is 0. The number of oxime groups is 1. The van der Waals surface area contributed by atoms with E-state index in [4.69, 9.17) is 20.7 Å². The maximum Gasteiger partial charge on any atom is 0.256 e. The van der Waals surface area contributed by atoms with E-state index in [1.165, 1.54) is 0 Å². The van der Waals surface area contributed by atoms with Gasteiger partial charge in [-0.15, -0.1) is 0 Å². The number of ether oxygens (including phenoxy) is 1. The van der Waals surface area contributed by atoms with E-state index in [0.717, 1.165) is 35.2 Å². The number of hydrogen-bond acceptors (Lipinski definition) is 6. The molecule has 1 aliphatic rings. The molecule has 0 spiro atoms. The van der Waals surface area contributed by atoms with Crippen LogP contribution in [0, 0.1) is 6.57 Å². The van der Waals surface area contributed by atoms with Crippen molar-refractivity contribution in [2.45, 2.75) is 39.7 Å². The van der Waals surface area contributed by atoms with E-state index in [0.29, 0.717) is 35.3 Å². The lowest BCUT2D eigenvalue weighted by Crippen LogP contribution is -2.05. The van der Waals surface area contributed by atoms with Gasteiger partial charge in [-0.3, -0.25) is 0 Å². The summed E-state index contributed by atoms with van der Waals surface area (Å²) in [6.45, 7) is 13.7. The molecule has 3 aromatic rings. The van der Waals surface area contributed by atoms with Crippen LogP contribution >= 0.6 is 0 Å². The number of rotatable bonds is 6. The standard InChI is InChI=1S/C23H22N4O3/c1-5-28-26-19-11-10-16-17(19)7-6-8-18(16)22-25-23(30-27-22)15-9-12-21(29-14(2)3)20(13-15)24-4/h6-9,12-14H,5,10-11H2,1-3H3/b26-19-. The van der Waals surface area contributed by atoms with Crippen LogP contribution in [0.2, 0.25) is 0 Å². The molecule has 0 fully saturated rings. The van der Waals surface area contributed by atoms with Crippen molar-refractivity contribution in [3.63, 3.8) is 0 Å². The van der Waals surface area contributed by atoms with Gasteiger partial charge in [-0.05, 0) is 57.4 Å². The normalized spacial score (nSPS) is 14.0. The maximum atomic E-state index is 7.44. The highest BCUT2D eigenvalue weighted by Crippen LogP contribution is 2.35. The summed E-state index contributed by atoms with van der Waals surface area (Å²) in [5, 5.41) is 8.42. The molecule has 0 N–H and O–H groups in total. The molecule has 0 amide bonds. The van der Waals surface area contributed by atoms with Crippen LogP contribution in [-0.2, 0) is 11.3 Å². The molecule has 7 heteroatoms. The fourth-order valence-corrected chi connectivity index (χ4v) is 3.49. The Hall–Kier alpha value is -3.66. The van der Waals surface area contributed by atoms with E-state index in [2.05, 4.69) is 20.1 Å². The van der Waals surface area contributed by atoms with Crippen molar-refractivity contribution in [3.8, 4) is 28.6 Å². The van der Waals surface area contributed by atoms with Crippen molar-refractivity contribution in [1.82, 2.24) is 10.1 Å². The third-order valence-corrected chi connectivity index (χ3v) is 4.76. The molecular formula is C23H22N4O3. The first kappa shape index (κ1) is 19.6. The Morgan fingerprint density at radius 1 is 1.20 bits per heavy atom. The number of aromatic nitrogens is 2. The van der Waals surface area contributed by atoms with Gasteiger partial charge >= 0.3 is 0 Å². The number of hydrogen-bond donors (Lipinski definition) is 0. The molecule has 1 aromatic heterocycles. The molecule has 0 unspecified atom stereocenters. The van der Waals surface area contributed by atoms with Gasteiger partial charge in [0.15, 0.2) is 0 Å². The average molecular weight is 402 g/mol. The Bertz CT molecular complexity index is 1140. The maximum absolute atomic E-state index is 7.44. The third kappa shape index (κ3) is 3.77. The molecule has 0 atom stereocenters. The van der Waals surface area contributed by atoms with E-state index in [9.17, 15) is 0 Å². The zero-order valence-corrected chi connectivity index (χ0v) is 17.2. The van der Waals surface area contributed by atoms with Gasteiger partial charge in [0.1, 0.15) is 12.4 Å². The quantitative estimate of drug-likeness (QED) is 0.406. The van der Waals surface area contributed by atoms with Crippen molar-refractivity contribution in [2.75, 3.05) is 6.61 Å². The Morgan fingerprint density at radius 2 is 2.03 bits per heavy atom. The molecule has 0 saturated carbocycles. The predicted molar refractivity (Wildman–Crippen MR) is 114 cm³/mol. The molecule has 30 heavy (non-hydrogen) atoms. The monoisotopic (exact) mass is 402 g/mol. The summed E-state index contributed by atoms with van der Waals surface area (Å²) in [6.07, 6.45) is 1.66. The molecule has 4 rings (SSSR count). The van der Waals surface area contributed by atoms with Crippen LogP contribution in [0.3, 0.4) is 0 Å².